The molecule has 2 heterocycles. The Labute approximate surface area is 152 Å². The van der Waals surface area contributed by atoms with Gasteiger partial charge in [-0.1, -0.05) is 43.1 Å². The summed E-state index contributed by atoms with van der Waals surface area (Å²) in [6, 6.07) is 5.88. The lowest BCUT2D eigenvalue weighted by molar-refractivity contribution is -0.138. The zero-order chi connectivity index (χ0) is 18.0. The number of nitrogens with one attached hydrogen (secondary N) is 2. The van der Waals surface area contributed by atoms with E-state index >= 15 is 0 Å². The number of benzene rings is 1. The molecule has 25 heavy (non-hydrogen) atoms. The molecule has 1 atom stereocenters. The first-order chi connectivity index (χ1) is 12.1. The highest BCUT2D eigenvalue weighted by molar-refractivity contribution is 6.32. The average molecular weight is 360 g/mol. The zero-order valence-corrected chi connectivity index (χ0v) is 15.4. The number of hydrogen-bond donors (Lipinski definition) is 2. The highest BCUT2D eigenvalue weighted by Gasteiger charge is 2.36. The molecule has 0 aliphatic carbocycles. The third-order valence-corrected chi connectivity index (χ3v) is 4.91. The van der Waals surface area contributed by atoms with Gasteiger partial charge in [0, 0.05) is 22.2 Å². The van der Waals surface area contributed by atoms with Gasteiger partial charge in [-0.3, -0.25) is 5.10 Å². The first kappa shape index (κ1) is 17.5. The Bertz CT molecular complexity index is 826. The van der Waals surface area contributed by atoms with E-state index in [4.69, 9.17) is 16.3 Å². The molecule has 1 unspecified atom stereocenters. The fourth-order valence-corrected chi connectivity index (χ4v) is 3.51. The Morgan fingerprint density at radius 3 is 2.84 bits per heavy atom. The second-order valence-corrected chi connectivity index (χ2v) is 6.48. The summed E-state index contributed by atoms with van der Waals surface area (Å²) in [5.74, 6) is 0.190. The SMILES string of the molecule is CCCC1=C(C(=O)OCC)C(c2cccc(C)c2Cl)c2cn[nH]c2N1. The number of H-pyrrole nitrogens is 1. The van der Waals surface area contributed by atoms with E-state index in [0.29, 0.717) is 17.2 Å². The Morgan fingerprint density at radius 1 is 1.32 bits per heavy atom. The predicted molar refractivity (Wildman–Crippen MR) is 98.8 cm³/mol. The molecule has 1 aliphatic heterocycles. The summed E-state index contributed by atoms with van der Waals surface area (Å²) < 4.78 is 5.36. The van der Waals surface area contributed by atoms with E-state index in [1.807, 2.05) is 32.0 Å². The summed E-state index contributed by atoms with van der Waals surface area (Å²) in [7, 11) is 0. The summed E-state index contributed by atoms with van der Waals surface area (Å²) in [4.78, 5) is 12.8. The molecule has 0 saturated heterocycles. The van der Waals surface area contributed by atoms with E-state index in [1.165, 1.54) is 0 Å². The molecule has 0 bridgehead atoms. The summed E-state index contributed by atoms with van der Waals surface area (Å²) in [6.07, 6.45) is 3.39. The van der Waals surface area contributed by atoms with Crippen molar-refractivity contribution in [3.63, 3.8) is 0 Å². The highest BCUT2D eigenvalue weighted by atomic mass is 35.5. The summed E-state index contributed by atoms with van der Waals surface area (Å²) in [6.45, 7) is 6.18. The zero-order valence-electron chi connectivity index (χ0n) is 14.6. The fourth-order valence-electron chi connectivity index (χ4n) is 3.28. The van der Waals surface area contributed by atoms with Crippen molar-refractivity contribution in [2.24, 2.45) is 0 Å². The van der Waals surface area contributed by atoms with Crippen LogP contribution in [0.2, 0.25) is 5.02 Å². The smallest absolute Gasteiger partial charge is 0.336 e. The monoisotopic (exact) mass is 359 g/mol. The molecule has 1 aliphatic rings. The van der Waals surface area contributed by atoms with Crippen LogP contribution in [0.4, 0.5) is 5.82 Å². The number of ether oxygens (including phenoxy) is 1. The van der Waals surface area contributed by atoms with Crippen molar-refractivity contribution < 1.29 is 9.53 Å². The van der Waals surface area contributed by atoms with Gasteiger partial charge in [-0.15, -0.1) is 0 Å². The van der Waals surface area contributed by atoms with Crippen molar-refractivity contribution in [2.75, 3.05) is 11.9 Å². The van der Waals surface area contributed by atoms with Gasteiger partial charge in [0.25, 0.3) is 0 Å². The Morgan fingerprint density at radius 2 is 2.12 bits per heavy atom. The number of halogens is 1. The molecule has 2 N–H and O–H groups in total. The first-order valence-corrected chi connectivity index (χ1v) is 8.91. The van der Waals surface area contributed by atoms with Crippen LogP contribution in [-0.4, -0.2) is 22.8 Å². The molecule has 1 aromatic carbocycles. The minimum absolute atomic E-state index is 0.303. The number of carbonyl (C=O) groups excluding carboxylic acids is 1. The molecular formula is C19H22ClN3O2. The fraction of sp³-hybridized carbons (Fsp3) is 0.368. The van der Waals surface area contributed by atoms with Crippen LogP contribution in [0.1, 0.15) is 49.3 Å². The third-order valence-electron chi connectivity index (χ3n) is 4.40. The number of allylic oxidation sites excluding steroid dienone is 1. The van der Waals surface area contributed by atoms with Crippen LogP contribution < -0.4 is 5.32 Å². The number of aromatic nitrogens is 2. The minimum atomic E-state index is -0.312. The number of aromatic amines is 1. The number of carbonyl (C=O) groups is 1. The van der Waals surface area contributed by atoms with E-state index in [9.17, 15) is 4.79 Å². The van der Waals surface area contributed by atoms with Crippen LogP contribution in [0.3, 0.4) is 0 Å². The normalized spacial score (nSPS) is 16.4. The molecule has 5 nitrogen and oxygen atoms in total. The van der Waals surface area contributed by atoms with Crippen molar-refractivity contribution in [3.8, 4) is 0 Å². The Balaban J connectivity index is 2.23. The van der Waals surface area contributed by atoms with Crippen LogP contribution in [0.5, 0.6) is 0 Å². The van der Waals surface area contributed by atoms with Gasteiger partial charge in [0.15, 0.2) is 0 Å². The largest absolute Gasteiger partial charge is 0.463 e. The van der Waals surface area contributed by atoms with Gasteiger partial charge in [0.05, 0.1) is 18.4 Å². The maximum absolute atomic E-state index is 12.8. The number of nitrogens with zero attached hydrogens (tertiary/aromatic N) is 1. The molecular weight excluding hydrogens is 338 g/mol. The van der Waals surface area contributed by atoms with Crippen LogP contribution in [-0.2, 0) is 9.53 Å². The molecule has 0 saturated carbocycles. The maximum Gasteiger partial charge on any atom is 0.336 e. The lowest BCUT2D eigenvalue weighted by Crippen LogP contribution is -2.25. The molecule has 1 aromatic heterocycles. The molecule has 0 fully saturated rings. The Hall–Kier alpha value is -2.27. The molecule has 2 aromatic rings. The number of rotatable bonds is 5. The average Bonchev–Trinajstić information content (AvgIpc) is 3.05. The second-order valence-electron chi connectivity index (χ2n) is 6.10. The molecule has 6 heteroatoms. The van der Waals surface area contributed by atoms with Gasteiger partial charge in [-0.2, -0.15) is 5.10 Å². The molecule has 0 amide bonds. The highest BCUT2D eigenvalue weighted by Crippen LogP contribution is 2.44. The van der Waals surface area contributed by atoms with Crippen molar-refractivity contribution in [1.29, 1.82) is 0 Å². The topological polar surface area (TPSA) is 67.0 Å². The van der Waals surface area contributed by atoms with Gasteiger partial charge in [0.1, 0.15) is 5.82 Å². The van der Waals surface area contributed by atoms with Crippen molar-refractivity contribution in [2.45, 2.75) is 39.5 Å². The van der Waals surface area contributed by atoms with Crippen molar-refractivity contribution in [3.05, 3.63) is 57.4 Å². The standard InChI is InChI=1S/C19H22ClN3O2/c1-4-7-14-16(19(24)25-5-2)15(13-10-21-23-18(13)22-14)12-9-6-8-11(3)17(12)20/h6,8-10,15H,4-5,7H2,1-3H3,(H2,21,22,23). The van der Waals surface area contributed by atoms with Crippen LogP contribution >= 0.6 is 11.6 Å². The van der Waals surface area contributed by atoms with Gasteiger partial charge >= 0.3 is 5.97 Å². The number of hydrogen-bond acceptors (Lipinski definition) is 4. The third kappa shape index (κ3) is 3.16. The van der Waals surface area contributed by atoms with Crippen LogP contribution in [0, 0.1) is 6.92 Å². The van der Waals surface area contributed by atoms with Gasteiger partial charge in [0.2, 0.25) is 0 Å². The minimum Gasteiger partial charge on any atom is -0.463 e. The number of aryl methyl sites for hydroxylation is 1. The molecule has 3 rings (SSSR count). The van der Waals surface area contributed by atoms with E-state index in [1.54, 1.807) is 6.20 Å². The second kappa shape index (κ2) is 7.31. The summed E-state index contributed by atoms with van der Waals surface area (Å²) in [5.41, 5.74) is 4.24. The van der Waals surface area contributed by atoms with Crippen molar-refractivity contribution >= 4 is 23.4 Å². The van der Waals surface area contributed by atoms with Crippen LogP contribution in [0.15, 0.2) is 35.7 Å². The summed E-state index contributed by atoms with van der Waals surface area (Å²) >= 11 is 6.61. The lowest BCUT2D eigenvalue weighted by atomic mass is 9.81. The van der Waals surface area contributed by atoms with Gasteiger partial charge < -0.3 is 10.1 Å². The molecule has 0 radical (unpaired) electrons. The summed E-state index contributed by atoms with van der Waals surface area (Å²) in [5, 5.41) is 11.1. The number of fused-ring (bicyclic) bond motifs is 1. The van der Waals surface area contributed by atoms with E-state index in [2.05, 4.69) is 22.4 Å². The number of anilines is 1. The number of esters is 1. The van der Waals surface area contributed by atoms with Gasteiger partial charge in [-0.25, -0.2) is 4.79 Å². The van der Waals surface area contributed by atoms with E-state index < -0.39 is 0 Å². The molecule has 132 valence electrons. The van der Waals surface area contributed by atoms with Crippen molar-refractivity contribution in [1.82, 2.24) is 10.2 Å². The predicted octanol–water partition coefficient (Wildman–Crippen LogP) is 4.55. The quantitative estimate of drug-likeness (QED) is 0.769. The van der Waals surface area contributed by atoms with E-state index in [-0.39, 0.29) is 11.9 Å². The van der Waals surface area contributed by atoms with E-state index in [0.717, 1.165) is 41.0 Å². The molecule has 0 spiro atoms. The maximum atomic E-state index is 12.8. The Kier molecular flexibility index (Phi) is 5.13. The van der Waals surface area contributed by atoms with Crippen LogP contribution in [0.25, 0.3) is 0 Å². The first-order valence-electron chi connectivity index (χ1n) is 8.53. The van der Waals surface area contributed by atoms with Gasteiger partial charge in [-0.05, 0) is 31.4 Å². The lowest BCUT2D eigenvalue weighted by Gasteiger charge is -2.29.